The Labute approximate surface area is 123 Å². The number of nitrogens with zero attached hydrogens (tertiary/aromatic N) is 2. The minimum atomic E-state index is 0.405. The Morgan fingerprint density at radius 1 is 1.28 bits per heavy atom. The molecule has 2 atom stereocenters. The summed E-state index contributed by atoms with van der Waals surface area (Å²) in [5.41, 5.74) is 7.15. The van der Waals surface area contributed by atoms with Crippen LogP contribution in [0.3, 0.4) is 0 Å². The van der Waals surface area contributed by atoms with Crippen LogP contribution >= 0.6 is 22.6 Å². The smallest absolute Gasteiger partial charge is 0.140 e. The fraction of sp³-hybridized carbons (Fsp3) is 0.714. The molecule has 0 radical (unpaired) electrons. The van der Waals surface area contributed by atoms with Gasteiger partial charge in [-0.3, -0.25) is 0 Å². The molecule has 0 aromatic carbocycles. The third-order valence-electron chi connectivity index (χ3n) is 3.77. The average molecular weight is 359 g/mol. The van der Waals surface area contributed by atoms with Gasteiger partial charge in [0.25, 0.3) is 0 Å². The molecule has 2 N–H and O–H groups in total. The number of hydrogen-bond acceptors (Lipinski definition) is 3. The van der Waals surface area contributed by atoms with E-state index < -0.39 is 0 Å². The van der Waals surface area contributed by atoms with E-state index in [1.807, 2.05) is 0 Å². The van der Waals surface area contributed by atoms with Crippen molar-refractivity contribution in [2.75, 3.05) is 5.73 Å². The number of nitrogen functional groups attached to an aromatic ring is 1. The molecule has 2 rings (SSSR count). The van der Waals surface area contributed by atoms with Crippen LogP contribution in [0.5, 0.6) is 0 Å². The summed E-state index contributed by atoms with van der Waals surface area (Å²) in [7, 11) is 0. The summed E-state index contributed by atoms with van der Waals surface area (Å²) in [5.74, 6) is 3.33. The average Bonchev–Trinajstić information content (AvgIpc) is 2.32. The highest BCUT2D eigenvalue weighted by molar-refractivity contribution is 14.1. The SMILES string of the molecule is CC1CCCC(c2nc(N)c(I)c(C(C)C)n2)C1. The molecular formula is C14H22IN3. The van der Waals surface area contributed by atoms with E-state index in [0.29, 0.717) is 17.7 Å². The number of aromatic nitrogens is 2. The maximum atomic E-state index is 6.04. The lowest BCUT2D eigenvalue weighted by Crippen LogP contribution is -2.17. The van der Waals surface area contributed by atoms with E-state index in [4.69, 9.17) is 10.7 Å². The van der Waals surface area contributed by atoms with Crippen molar-refractivity contribution < 1.29 is 0 Å². The summed E-state index contributed by atoms with van der Waals surface area (Å²) < 4.78 is 1.02. The molecule has 2 unspecified atom stereocenters. The minimum Gasteiger partial charge on any atom is -0.383 e. The minimum absolute atomic E-state index is 0.405. The Kier molecular flexibility index (Phi) is 4.45. The van der Waals surface area contributed by atoms with Gasteiger partial charge in [0.15, 0.2) is 0 Å². The molecule has 0 bridgehead atoms. The molecule has 100 valence electrons. The zero-order valence-corrected chi connectivity index (χ0v) is 13.6. The lowest BCUT2D eigenvalue weighted by Gasteiger charge is -2.26. The highest BCUT2D eigenvalue weighted by Gasteiger charge is 2.24. The predicted octanol–water partition coefficient (Wildman–Crippen LogP) is 4.08. The quantitative estimate of drug-likeness (QED) is 0.810. The van der Waals surface area contributed by atoms with E-state index >= 15 is 0 Å². The number of anilines is 1. The van der Waals surface area contributed by atoms with Crippen LogP contribution in [0.4, 0.5) is 5.82 Å². The van der Waals surface area contributed by atoms with Crippen molar-refractivity contribution in [1.29, 1.82) is 0 Å². The first-order chi connectivity index (χ1) is 8.49. The molecule has 1 aromatic rings. The zero-order valence-electron chi connectivity index (χ0n) is 11.4. The second-order valence-corrected chi connectivity index (χ2v) is 6.87. The fourth-order valence-corrected chi connectivity index (χ4v) is 3.60. The van der Waals surface area contributed by atoms with E-state index in [9.17, 15) is 0 Å². The monoisotopic (exact) mass is 359 g/mol. The van der Waals surface area contributed by atoms with Gasteiger partial charge in [-0.25, -0.2) is 9.97 Å². The third-order valence-corrected chi connectivity index (χ3v) is 4.87. The molecule has 0 amide bonds. The summed E-state index contributed by atoms with van der Waals surface area (Å²) in [4.78, 5) is 9.33. The maximum absolute atomic E-state index is 6.04. The maximum Gasteiger partial charge on any atom is 0.140 e. The first kappa shape index (κ1) is 14.0. The Bertz CT molecular complexity index is 431. The predicted molar refractivity (Wildman–Crippen MR) is 83.6 cm³/mol. The van der Waals surface area contributed by atoms with Crippen molar-refractivity contribution in [1.82, 2.24) is 9.97 Å². The van der Waals surface area contributed by atoms with E-state index in [2.05, 4.69) is 48.3 Å². The molecule has 1 fully saturated rings. The van der Waals surface area contributed by atoms with Crippen LogP contribution in [0.2, 0.25) is 0 Å². The molecule has 0 saturated heterocycles. The van der Waals surface area contributed by atoms with Gasteiger partial charge >= 0.3 is 0 Å². The third kappa shape index (κ3) is 2.95. The number of halogens is 1. The van der Waals surface area contributed by atoms with Crippen molar-refractivity contribution in [3.05, 3.63) is 15.1 Å². The first-order valence-corrected chi connectivity index (χ1v) is 7.89. The molecule has 1 aromatic heterocycles. The number of rotatable bonds is 2. The largest absolute Gasteiger partial charge is 0.383 e. The second-order valence-electron chi connectivity index (χ2n) is 5.79. The van der Waals surface area contributed by atoms with Crippen molar-refractivity contribution in [3.63, 3.8) is 0 Å². The van der Waals surface area contributed by atoms with Crippen molar-refractivity contribution in [2.24, 2.45) is 5.92 Å². The molecule has 18 heavy (non-hydrogen) atoms. The molecule has 1 aliphatic carbocycles. The van der Waals surface area contributed by atoms with Gasteiger partial charge < -0.3 is 5.73 Å². The first-order valence-electron chi connectivity index (χ1n) is 6.81. The van der Waals surface area contributed by atoms with Gasteiger partial charge in [0.2, 0.25) is 0 Å². The van der Waals surface area contributed by atoms with Gasteiger partial charge in [-0.15, -0.1) is 0 Å². The molecule has 1 saturated carbocycles. The van der Waals surface area contributed by atoms with E-state index in [1.165, 1.54) is 25.7 Å². The summed E-state index contributed by atoms with van der Waals surface area (Å²) >= 11 is 2.26. The van der Waals surface area contributed by atoms with Crippen LogP contribution in [0.1, 0.15) is 69.8 Å². The number of hydrogen-bond donors (Lipinski definition) is 1. The molecule has 1 heterocycles. The number of nitrogens with two attached hydrogens (primary N) is 1. The topological polar surface area (TPSA) is 51.8 Å². The van der Waals surface area contributed by atoms with Crippen LogP contribution in [-0.4, -0.2) is 9.97 Å². The van der Waals surface area contributed by atoms with Crippen LogP contribution in [0, 0.1) is 9.49 Å². The molecule has 0 spiro atoms. The Balaban J connectivity index is 2.33. The molecule has 0 aliphatic heterocycles. The summed E-state index contributed by atoms with van der Waals surface area (Å²) in [6, 6.07) is 0. The molecule has 3 nitrogen and oxygen atoms in total. The highest BCUT2D eigenvalue weighted by Crippen LogP contribution is 2.36. The van der Waals surface area contributed by atoms with E-state index in [0.717, 1.165) is 21.0 Å². The van der Waals surface area contributed by atoms with Gasteiger partial charge in [0.05, 0.1) is 9.26 Å². The van der Waals surface area contributed by atoms with Gasteiger partial charge in [0.1, 0.15) is 11.6 Å². The normalized spacial score (nSPS) is 24.5. The Hall–Kier alpha value is -0.390. The van der Waals surface area contributed by atoms with E-state index in [1.54, 1.807) is 0 Å². The summed E-state index contributed by atoms with van der Waals surface area (Å²) in [6.45, 7) is 6.65. The van der Waals surface area contributed by atoms with Crippen LogP contribution in [-0.2, 0) is 0 Å². The zero-order chi connectivity index (χ0) is 13.3. The van der Waals surface area contributed by atoms with Crippen LogP contribution in [0.25, 0.3) is 0 Å². The van der Waals surface area contributed by atoms with Crippen molar-refractivity contribution in [3.8, 4) is 0 Å². The fourth-order valence-electron chi connectivity index (χ4n) is 2.73. The van der Waals surface area contributed by atoms with Crippen molar-refractivity contribution >= 4 is 28.4 Å². The molecular weight excluding hydrogens is 337 g/mol. The Morgan fingerprint density at radius 3 is 2.61 bits per heavy atom. The molecule has 1 aliphatic rings. The van der Waals surface area contributed by atoms with Gasteiger partial charge in [0, 0.05) is 5.92 Å². The van der Waals surface area contributed by atoms with Crippen molar-refractivity contribution in [2.45, 2.75) is 58.3 Å². The lowest BCUT2D eigenvalue weighted by molar-refractivity contribution is 0.334. The summed E-state index contributed by atoms with van der Waals surface area (Å²) in [5, 5.41) is 0. The lowest BCUT2D eigenvalue weighted by atomic mass is 9.82. The van der Waals surface area contributed by atoms with Gasteiger partial charge in [-0.1, -0.05) is 33.6 Å². The standard InChI is InChI=1S/C14H22IN3/c1-8(2)12-11(15)13(16)18-14(17-12)10-6-4-5-9(3)7-10/h8-10H,4-7H2,1-3H3,(H2,16,17,18). The van der Waals surface area contributed by atoms with Gasteiger partial charge in [-0.2, -0.15) is 0 Å². The summed E-state index contributed by atoms with van der Waals surface area (Å²) in [6.07, 6.45) is 5.05. The molecule has 4 heteroatoms. The van der Waals surface area contributed by atoms with Crippen LogP contribution < -0.4 is 5.73 Å². The highest BCUT2D eigenvalue weighted by atomic mass is 127. The van der Waals surface area contributed by atoms with E-state index in [-0.39, 0.29) is 0 Å². The van der Waals surface area contributed by atoms with Crippen LogP contribution in [0.15, 0.2) is 0 Å². The Morgan fingerprint density at radius 2 is 2.00 bits per heavy atom. The van der Waals surface area contributed by atoms with Gasteiger partial charge in [-0.05, 0) is 47.3 Å². The second kappa shape index (κ2) is 5.72.